The maximum Gasteiger partial charge on any atom is 0.319 e. The average molecular weight is 264 g/mol. The number of aliphatic hydroxyl groups is 1. The van der Waals surface area contributed by atoms with Crippen molar-refractivity contribution in [2.45, 2.75) is 45.6 Å². The third-order valence-electron chi connectivity index (χ3n) is 3.49. The molecule has 1 rings (SSSR count). The third-order valence-corrected chi connectivity index (χ3v) is 3.49. The molecule has 106 valence electrons. The summed E-state index contributed by atoms with van der Waals surface area (Å²) in [5.74, 6) is 0. The number of amides is 2. The molecule has 0 fully saturated rings. The van der Waals surface area contributed by atoms with E-state index in [0.717, 1.165) is 12.1 Å². The zero-order valence-corrected chi connectivity index (χ0v) is 12.0. The predicted molar refractivity (Wildman–Crippen MR) is 78.4 cm³/mol. The molecule has 0 aliphatic heterocycles. The fourth-order valence-corrected chi connectivity index (χ4v) is 1.79. The highest BCUT2D eigenvalue weighted by Gasteiger charge is 2.22. The number of carbonyl (C=O) groups is 1. The van der Waals surface area contributed by atoms with Gasteiger partial charge in [-0.1, -0.05) is 32.9 Å². The molecule has 0 aliphatic rings. The van der Waals surface area contributed by atoms with Gasteiger partial charge in [0.15, 0.2) is 0 Å². The van der Waals surface area contributed by atoms with E-state index in [1.54, 1.807) is 0 Å². The van der Waals surface area contributed by atoms with Gasteiger partial charge in [-0.15, -0.1) is 0 Å². The van der Waals surface area contributed by atoms with Gasteiger partial charge in [-0.25, -0.2) is 4.79 Å². The highest BCUT2D eigenvalue weighted by atomic mass is 16.3. The van der Waals surface area contributed by atoms with Crippen LogP contribution in [0.5, 0.6) is 0 Å². The topological polar surface area (TPSA) is 61.4 Å². The number of rotatable bonds is 6. The zero-order chi connectivity index (χ0) is 14.3. The molecule has 0 radical (unpaired) electrons. The van der Waals surface area contributed by atoms with Gasteiger partial charge in [0, 0.05) is 12.2 Å². The Balaban J connectivity index is 2.51. The van der Waals surface area contributed by atoms with Gasteiger partial charge in [-0.2, -0.15) is 0 Å². The number of anilines is 1. The SMILES string of the molecule is CCc1cccc(NC(=O)NCC(O)(CC)CC)c1. The Bertz CT molecular complexity index is 414. The van der Waals surface area contributed by atoms with Crippen molar-refractivity contribution < 1.29 is 9.90 Å². The number of aryl methyl sites for hydroxylation is 1. The minimum atomic E-state index is -0.817. The summed E-state index contributed by atoms with van der Waals surface area (Å²) < 4.78 is 0. The van der Waals surface area contributed by atoms with Crippen LogP contribution in [0.15, 0.2) is 24.3 Å². The van der Waals surface area contributed by atoms with E-state index < -0.39 is 5.60 Å². The lowest BCUT2D eigenvalue weighted by molar-refractivity contribution is 0.0354. The van der Waals surface area contributed by atoms with E-state index in [-0.39, 0.29) is 12.6 Å². The Labute approximate surface area is 115 Å². The van der Waals surface area contributed by atoms with Gasteiger partial charge in [-0.05, 0) is 37.0 Å². The highest BCUT2D eigenvalue weighted by Crippen LogP contribution is 2.13. The molecule has 0 heterocycles. The van der Waals surface area contributed by atoms with Gasteiger partial charge < -0.3 is 15.7 Å². The molecule has 1 aromatic carbocycles. The second-order valence-electron chi connectivity index (χ2n) is 4.79. The van der Waals surface area contributed by atoms with Crippen LogP contribution in [0.3, 0.4) is 0 Å². The third kappa shape index (κ3) is 4.91. The number of carbonyl (C=O) groups excluding carboxylic acids is 1. The lowest BCUT2D eigenvalue weighted by Crippen LogP contribution is -2.43. The minimum absolute atomic E-state index is 0.263. The van der Waals surface area contributed by atoms with Crippen LogP contribution in [0.2, 0.25) is 0 Å². The summed E-state index contributed by atoms with van der Waals surface area (Å²) in [6.45, 7) is 6.16. The lowest BCUT2D eigenvalue weighted by Gasteiger charge is -2.25. The molecular formula is C15H24N2O2. The first-order valence-electron chi connectivity index (χ1n) is 6.89. The van der Waals surface area contributed by atoms with Crippen LogP contribution in [0.1, 0.15) is 39.2 Å². The van der Waals surface area contributed by atoms with Crippen molar-refractivity contribution in [3.05, 3.63) is 29.8 Å². The monoisotopic (exact) mass is 264 g/mol. The van der Waals surface area contributed by atoms with Crippen LogP contribution in [0, 0.1) is 0 Å². The normalized spacial score (nSPS) is 11.2. The molecule has 0 atom stereocenters. The Morgan fingerprint density at radius 1 is 1.26 bits per heavy atom. The van der Waals surface area contributed by atoms with Gasteiger partial charge >= 0.3 is 6.03 Å². The second kappa shape index (κ2) is 7.14. The highest BCUT2D eigenvalue weighted by molar-refractivity contribution is 5.89. The van der Waals surface area contributed by atoms with Gasteiger partial charge in [0.25, 0.3) is 0 Å². The summed E-state index contributed by atoms with van der Waals surface area (Å²) in [6.07, 6.45) is 2.17. The fourth-order valence-electron chi connectivity index (χ4n) is 1.79. The molecule has 0 unspecified atom stereocenters. The predicted octanol–water partition coefficient (Wildman–Crippen LogP) is 2.92. The molecule has 2 amide bonds. The first-order valence-corrected chi connectivity index (χ1v) is 6.89. The molecule has 4 heteroatoms. The smallest absolute Gasteiger partial charge is 0.319 e. The molecule has 4 nitrogen and oxygen atoms in total. The maximum atomic E-state index is 11.8. The molecule has 0 aliphatic carbocycles. The molecule has 0 aromatic heterocycles. The van der Waals surface area contributed by atoms with E-state index in [9.17, 15) is 9.90 Å². The Morgan fingerprint density at radius 3 is 2.53 bits per heavy atom. The van der Waals surface area contributed by atoms with Crippen LogP contribution in [0.4, 0.5) is 10.5 Å². The van der Waals surface area contributed by atoms with Crippen molar-refractivity contribution in [3.63, 3.8) is 0 Å². The second-order valence-corrected chi connectivity index (χ2v) is 4.79. The van der Waals surface area contributed by atoms with Crippen molar-refractivity contribution in [1.29, 1.82) is 0 Å². The van der Waals surface area contributed by atoms with Crippen LogP contribution < -0.4 is 10.6 Å². The minimum Gasteiger partial charge on any atom is -0.388 e. The molecular weight excluding hydrogens is 240 g/mol. The zero-order valence-electron chi connectivity index (χ0n) is 12.0. The quantitative estimate of drug-likeness (QED) is 0.740. The molecule has 0 saturated carbocycles. The van der Waals surface area contributed by atoms with E-state index in [1.807, 2.05) is 38.1 Å². The fraction of sp³-hybridized carbons (Fsp3) is 0.533. The Morgan fingerprint density at radius 2 is 1.95 bits per heavy atom. The van der Waals surface area contributed by atoms with Crippen LogP contribution in [-0.4, -0.2) is 23.3 Å². The molecule has 0 spiro atoms. The van der Waals surface area contributed by atoms with Gasteiger partial charge in [-0.3, -0.25) is 0 Å². The summed E-state index contributed by atoms with van der Waals surface area (Å²) in [4.78, 5) is 11.8. The standard InChI is InChI=1S/C15H24N2O2/c1-4-12-8-7-9-13(10-12)17-14(18)16-11-15(19,5-2)6-3/h7-10,19H,4-6,11H2,1-3H3,(H2,16,17,18). The lowest BCUT2D eigenvalue weighted by atomic mass is 9.98. The van der Waals surface area contributed by atoms with E-state index in [2.05, 4.69) is 17.6 Å². The van der Waals surface area contributed by atoms with Crippen molar-refractivity contribution in [1.82, 2.24) is 5.32 Å². The summed E-state index contributed by atoms with van der Waals surface area (Å²) >= 11 is 0. The van der Waals surface area contributed by atoms with Crippen LogP contribution in [0.25, 0.3) is 0 Å². The Hall–Kier alpha value is -1.55. The van der Waals surface area contributed by atoms with Crippen LogP contribution >= 0.6 is 0 Å². The van der Waals surface area contributed by atoms with E-state index >= 15 is 0 Å². The largest absolute Gasteiger partial charge is 0.388 e. The Kier molecular flexibility index (Phi) is 5.83. The average Bonchev–Trinajstić information content (AvgIpc) is 2.45. The van der Waals surface area contributed by atoms with E-state index in [4.69, 9.17) is 0 Å². The summed E-state index contributed by atoms with van der Waals surface area (Å²) in [7, 11) is 0. The summed E-state index contributed by atoms with van der Waals surface area (Å²) in [5.41, 5.74) is 1.13. The van der Waals surface area contributed by atoms with Crippen LogP contribution in [-0.2, 0) is 6.42 Å². The van der Waals surface area contributed by atoms with Crippen molar-refractivity contribution in [3.8, 4) is 0 Å². The molecule has 0 saturated heterocycles. The summed E-state index contributed by atoms with van der Waals surface area (Å²) in [5, 5.41) is 15.6. The van der Waals surface area contributed by atoms with Crippen molar-refractivity contribution in [2.75, 3.05) is 11.9 Å². The van der Waals surface area contributed by atoms with E-state index in [1.165, 1.54) is 5.56 Å². The van der Waals surface area contributed by atoms with Crippen molar-refractivity contribution >= 4 is 11.7 Å². The summed E-state index contributed by atoms with van der Waals surface area (Å²) in [6, 6.07) is 7.46. The molecule has 0 bridgehead atoms. The molecule has 1 aromatic rings. The number of benzene rings is 1. The number of hydrogen-bond acceptors (Lipinski definition) is 2. The van der Waals surface area contributed by atoms with Crippen molar-refractivity contribution in [2.24, 2.45) is 0 Å². The molecule has 19 heavy (non-hydrogen) atoms. The number of hydrogen-bond donors (Lipinski definition) is 3. The number of urea groups is 1. The van der Waals surface area contributed by atoms with Gasteiger partial charge in [0.2, 0.25) is 0 Å². The number of nitrogens with one attached hydrogen (secondary N) is 2. The molecule has 3 N–H and O–H groups in total. The first kappa shape index (κ1) is 15.5. The van der Waals surface area contributed by atoms with Gasteiger partial charge in [0.05, 0.1) is 5.60 Å². The van der Waals surface area contributed by atoms with Gasteiger partial charge in [0.1, 0.15) is 0 Å². The van der Waals surface area contributed by atoms with E-state index in [0.29, 0.717) is 12.8 Å². The maximum absolute atomic E-state index is 11.8. The first-order chi connectivity index (χ1) is 9.03.